The number of amides is 1. The number of pyridine rings is 1. The lowest BCUT2D eigenvalue weighted by molar-refractivity contribution is -0.137. The molecule has 1 aliphatic rings. The Labute approximate surface area is 168 Å². The lowest BCUT2D eigenvalue weighted by Crippen LogP contribution is -2.36. The van der Waals surface area contributed by atoms with Gasteiger partial charge in [0.25, 0.3) is 0 Å². The van der Waals surface area contributed by atoms with Crippen LogP contribution in [-0.2, 0) is 17.4 Å². The van der Waals surface area contributed by atoms with Crippen LogP contribution >= 0.6 is 0 Å². The van der Waals surface area contributed by atoms with Gasteiger partial charge < -0.3 is 10.2 Å². The van der Waals surface area contributed by atoms with Crippen molar-refractivity contribution in [3.63, 3.8) is 0 Å². The summed E-state index contributed by atoms with van der Waals surface area (Å²) in [5.41, 5.74) is 1.18. The highest BCUT2D eigenvalue weighted by molar-refractivity contribution is 5.93. The molecule has 156 valence electrons. The number of hydrogen-bond donors (Lipinski definition) is 1. The number of hydrogen-bond acceptors (Lipinski definition) is 4. The van der Waals surface area contributed by atoms with Crippen LogP contribution in [0.25, 0.3) is 0 Å². The van der Waals surface area contributed by atoms with E-state index in [1.54, 1.807) is 0 Å². The summed E-state index contributed by atoms with van der Waals surface area (Å²) in [5, 5.41) is 2.98. The standard InChI is InChI=1S/C21H25F3N4O/c1-2-16-6-3-4-7-18(16)26-20(29)15-27-10-5-11-28(13-12-27)19-9-8-17(14-25-19)21(22,23)24/h3-4,6-9,14H,2,5,10-13,15H2,1H3,(H,26,29). The molecule has 0 bridgehead atoms. The summed E-state index contributed by atoms with van der Waals surface area (Å²) in [4.78, 5) is 20.5. The molecule has 1 N–H and O–H groups in total. The molecule has 1 aromatic heterocycles. The lowest BCUT2D eigenvalue weighted by Gasteiger charge is -2.23. The Hall–Kier alpha value is -2.61. The van der Waals surface area contributed by atoms with Gasteiger partial charge in [-0.15, -0.1) is 0 Å². The van der Waals surface area contributed by atoms with Gasteiger partial charge in [-0.2, -0.15) is 13.2 Å². The number of aromatic nitrogens is 1. The highest BCUT2D eigenvalue weighted by atomic mass is 19.4. The molecule has 2 aromatic rings. The van der Waals surface area contributed by atoms with Crippen LogP contribution in [0.1, 0.15) is 24.5 Å². The average Bonchev–Trinajstić information content (AvgIpc) is 2.93. The fraction of sp³-hybridized carbons (Fsp3) is 0.429. The Morgan fingerprint density at radius 1 is 1.10 bits per heavy atom. The molecule has 1 aromatic carbocycles. The molecule has 0 unspecified atom stereocenters. The Kier molecular flexibility index (Phi) is 6.74. The molecule has 0 radical (unpaired) electrons. The summed E-state index contributed by atoms with van der Waals surface area (Å²) >= 11 is 0. The van der Waals surface area contributed by atoms with Gasteiger partial charge in [-0.1, -0.05) is 25.1 Å². The highest BCUT2D eigenvalue weighted by Gasteiger charge is 2.31. The summed E-state index contributed by atoms with van der Waals surface area (Å²) in [5.74, 6) is 0.466. The van der Waals surface area contributed by atoms with Crippen molar-refractivity contribution in [2.75, 3.05) is 42.9 Å². The molecular weight excluding hydrogens is 381 g/mol. The lowest BCUT2D eigenvalue weighted by atomic mass is 10.1. The summed E-state index contributed by atoms with van der Waals surface area (Å²) in [6.07, 6.45) is -1.86. The topological polar surface area (TPSA) is 48.5 Å². The first-order chi connectivity index (χ1) is 13.9. The molecule has 0 atom stereocenters. The van der Waals surface area contributed by atoms with Gasteiger partial charge in [0.05, 0.1) is 12.1 Å². The second-order valence-electron chi connectivity index (χ2n) is 7.08. The molecule has 5 nitrogen and oxygen atoms in total. The van der Waals surface area contributed by atoms with Crippen LogP contribution in [0.2, 0.25) is 0 Å². The Morgan fingerprint density at radius 3 is 2.59 bits per heavy atom. The first-order valence-corrected chi connectivity index (χ1v) is 9.75. The van der Waals surface area contributed by atoms with Crippen LogP contribution in [0.5, 0.6) is 0 Å². The predicted molar refractivity (Wildman–Crippen MR) is 107 cm³/mol. The van der Waals surface area contributed by atoms with Crippen LogP contribution in [-0.4, -0.2) is 48.5 Å². The van der Waals surface area contributed by atoms with E-state index in [0.29, 0.717) is 25.5 Å². The molecule has 0 spiro atoms. The van der Waals surface area contributed by atoms with Crippen molar-refractivity contribution in [3.8, 4) is 0 Å². The Balaban J connectivity index is 1.55. The van der Waals surface area contributed by atoms with Crippen molar-refractivity contribution in [2.45, 2.75) is 25.9 Å². The van der Waals surface area contributed by atoms with E-state index in [4.69, 9.17) is 0 Å². The first-order valence-electron chi connectivity index (χ1n) is 9.75. The van der Waals surface area contributed by atoms with Crippen LogP contribution in [0.3, 0.4) is 0 Å². The van der Waals surface area contributed by atoms with Crippen molar-refractivity contribution >= 4 is 17.4 Å². The Bertz CT molecular complexity index is 823. The second kappa shape index (κ2) is 9.26. The third-order valence-corrected chi connectivity index (χ3v) is 5.03. The van der Waals surface area contributed by atoms with Gasteiger partial charge in [0.1, 0.15) is 5.82 Å². The largest absolute Gasteiger partial charge is 0.417 e. The molecular formula is C21H25F3N4O. The fourth-order valence-electron chi connectivity index (χ4n) is 3.44. The van der Waals surface area contributed by atoms with E-state index in [9.17, 15) is 18.0 Å². The molecule has 1 saturated heterocycles. The molecule has 8 heteroatoms. The van der Waals surface area contributed by atoms with Gasteiger partial charge >= 0.3 is 6.18 Å². The van der Waals surface area contributed by atoms with Gasteiger partial charge in [0.15, 0.2) is 0 Å². The number of nitrogens with one attached hydrogen (secondary N) is 1. The first kappa shape index (κ1) is 21.1. The molecule has 0 aliphatic carbocycles. The summed E-state index contributed by atoms with van der Waals surface area (Å²) in [6, 6.07) is 10.2. The molecule has 2 heterocycles. The number of anilines is 2. The summed E-state index contributed by atoms with van der Waals surface area (Å²) in [6.45, 7) is 5.02. The minimum atomic E-state index is -4.38. The van der Waals surface area contributed by atoms with Crippen molar-refractivity contribution in [1.29, 1.82) is 0 Å². The number of benzene rings is 1. The number of aryl methyl sites for hydroxylation is 1. The van der Waals surface area contributed by atoms with Crippen LogP contribution < -0.4 is 10.2 Å². The summed E-state index contributed by atoms with van der Waals surface area (Å²) < 4.78 is 38.1. The molecule has 1 fully saturated rings. The van der Waals surface area contributed by atoms with Crippen LogP contribution in [0.15, 0.2) is 42.6 Å². The van der Waals surface area contributed by atoms with E-state index in [1.165, 1.54) is 6.07 Å². The van der Waals surface area contributed by atoms with E-state index >= 15 is 0 Å². The van der Waals surface area contributed by atoms with E-state index in [0.717, 1.165) is 42.9 Å². The number of carbonyl (C=O) groups excluding carboxylic acids is 1. The average molecular weight is 406 g/mol. The van der Waals surface area contributed by atoms with Crippen molar-refractivity contribution in [3.05, 3.63) is 53.7 Å². The number of halogens is 3. The normalized spacial score (nSPS) is 15.8. The SMILES string of the molecule is CCc1ccccc1NC(=O)CN1CCCN(c2ccc(C(F)(F)F)cn2)CC1. The third-order valence-electron chi connectivity index (χ3n) is 5.03. The van der Waals surface area contributed by atoms with E-state index in [2.05, 4.69) is 15.2 Å². The van der Waals surface area contributed by atoms with Crippen molar-refractivity contribution in [2.24, 2.45) is 0 Å². The van der Waals surface area contributed by atoms with Crippen molar-refractivity contribution in [1.82, 2.24) is 9.88 Å². The van der Waals surface area contributed by atoms with Gasteiger partial charge in [-0.05, 0) is 36.6 Å². The predicted octanol–water partition coefficient (Wildman–Crippen LogP) is 3.81. The van der Waals surface area contributed by atoms with Crippen LogP contribution in [0, 0.1) is 0 Å². The van der Waals surface area contributed by atoms with E-state index < -0.39 is 11.7 Å². The van der Waals surface area contributed by atoms with Gasteiger partial charge in [0, 0.05) is 38.1 Å². The smallest absolute Gasteiger partial charge is 0.355 e. The van der Waals surface area contributed by atoms with E-state index in [-0.39, 0.29) is 12.5 Å². The maximum absolute atomic E-state index is 12.7. The zero-order valence-electron chi connectivity index (χ0n) is 16.4. The maximum atomic E-state index is 12.7. The molecule has 29 heavy (non-hydrogen) atoms. The third kappa shape index (κ3) is 5.69. The Morgan fingerprint density at radius 2 is 1.90 bits per heavy atom. The highest BCUT2D eigenvalue weighted by Crippen LogP contribution is 2.29. The monoisotopic (exact) mass is 406 g/mol. The number of nitrogens with zero attached hydrogens (tertiary/aromatic N) is 3. The molecule has 1 amide bonds. The number of alkyl halides is 3. The van der Waals surface area contributed by atoms with Crippen molar-refractivity contribution < 1.29 is 18.0 Å². The fourth-order valence-corrected chi connectivity index (χ4v) is 3.44. The zero-order valence-corrected chi connectivity index (χ0v) is 16.4. The number of para-hydroxylation sites is 1. The number of rotatable bonds is 5. The van der Waals surface area contributed by atoms with Gasteiger partial charge in [-0.3, -0.25) is 9.69 Å². The van der Waals surface area contributed by atoms with E-state index in [1.807, 2.05) is 36.1 Å². The quantitative estimate of drug-likeness (QED) is 0.820. The van der Waals surface area contributed by atoms with Gasteiger partial charge in [-0.25, -0.2) is 4.98 Å². The number of carbonyl (C=O) groups is 1. The maximum Gasteiger partial charge on any atom is 0.417 e. The second-order valence-corrected chi connectivity index (χ2v) is 7.08. The minimum absolute atomic E-state index is 0.0630. The molecule has 0 saturated carbocycles. The minimum Gasteiger partial charge on any atom is -0.355 e. The zero-order chi connectivity index (χ0) is 20.9. The summed E-state index contributed by atoms with van der Waals surface area (Å²) in [7, 11) is 0. The molecule has 1 aliphatic heterocycles. The molecule has 3 rings (SSSR count). The van der Waals surface area contributed by atoms with Crippen LogP contribution in [0.4, 0.5) is 24.7 Å². The van der Waals surface area contributed by atoms with Gasteiger partial charge in [0.2, 0.25) is 5.91 Å².